The van der Waals surface area contributed by atoms with E-state index >= 15 is 0 Å². The van der Waals surface area contributed by atoms with Crippen LogP contribution in [0.1, 0.15) is 38.5 Å². The molecule has 0 aromatic carbocycles. The van der Waals surface area contributed by atoms with Crippen LogP contribution in [0.5, 0.6) is 0 Å². The van der Waals surface area contributed by atoms with Crippen LogP contribution < -0.4 is 0 Å². The van der Waals surface area contributed by atoms with Crippen LogP contribution in [0.25, 0.3) is 0 Å². The third-order valence-electron chi connectivity index (χ3n) is 3.32. The Labute approximate surface area is 73.0 Å². The van der Waals surface area contributed by atoms with Crippen LogP contribution in [0.15, 0.2) is 5.16 Å². The lowest BCUT2D eigenvalue weighted by Gasteiger charge is -2.26. The zero-order valence-electron chi connectivity index (χ0n) is 7.38. The molecule has 12 heavy (non-hydrogen) atoms. The topological polar surface area (TPSA) is 21.6 Å². The molecular formula is C10H15NO. The van der Waals surface area contributed by atoms with E-state index in [0.717, 1.165) is 17.9 Å². The predicted octanol–water partition coefficient (Wildman–Crippen LogP) is 2.34. The average molecular weight is 165 g/mol. The lowest BCUT2D eigenvalue weighted by Crippen LogP contribution is -2.25. The van der Waals surface area contributed by atoms with Crippen molar-refractivity contribution in [1.29, 1.82) is 0 Å². The second kappa shape index (κ2) is 2.24. The first kappa shape index (κ1) is 6.93. The monoisotopic (exact) mass is 165 g/mol. The number of nitrogens with zero attached hydrogens (tertiary/aromatic N) is 1. The highest BCUT2D eigenvalue weighted by molar-refractivity contribution is 5.92. The summed E-state index contributed by atoms with van der Waals surface area (Å²) in [5.41, 5.74) is 2.05. The van der Waals surface area contributed by atoms with Crippen molar-refractivity contribution in [3.63, 3.8) is 0 Å². The maximum absolute atomic E-state index is 5.27. The van der Waals surface area contributed by atoms with Gasteiger partial charge in [-0.15, -0.1) is 0 Å². The van der Waals surface area contributed by atoms with Crippen LogP contribution >= 0.6 is 0 Å². The fourth-order valence-corrected chi connectivity index (χ4v) is 1.93. The first-order chi connectivity index (χ1) is 5.86. The minimum atomic E-state index is 0.738. The highest BCUT2D eigenvalue weighted by atomic mass is 16.6. The van der Waals surface area contributed by atoms with Crippen molar-refractivity contribution in [3.05, 3.63) is 0 Å². The molecule has 0 aliphatic heterocycles. The summed E-state index contributed by atoms with van der Waals surface area (Å²) in [6.07, 6.45) is 8.06. The summed E-state index contributed by atoms with van der Waals surface area (Å²) in [4.78, 5) is 5.27. The molecule has 0 aromatic rings. The van der Waals surface area contributed by atoms with Crippen LogP contribution in [0.2, 0.25) is 0 Å². The van der Waals surface area contributed by atoms with Gasteiger partial charge in [0.1, 0.15) is 6.61 Å². The Morgan fingerprint density at radius 2 is 2.08 bits per heavy atom. The fraction of sp³-hybridized carbons (Fsp3) is 0.900. The summed E-state index contributed by atoms with van der Waals surface area (Å²) >= 11 is 0. The van der Waals surface area contributed by atoms with E-state index < -0.39 is 0 Å². The molecule has 3 fully saturated rings. The third kappa shape index (κ3) is 1.23. The highest BCUT2D eigenvalue weighted by Gasteiger charge is 2.51. The van der Waals surface area contributed by atoms with E-state index in [2.05, 4.69) is 5.16 Å². The van der Waals surface area contributed by atoms with Crippen LogP contribution in [-0.4, -0.2) is 12.3 Å². The van der Waals surface area contributed by atoms with Gasteiger partial charge in [0.15, 0.2) is 0 Å². The van der Waals surface area contributed by atoms with E-state index in [4.69, 9.17) is 4.84 Å². The van der Waals surface area contributed by atoms with Crippen molar-refractivity contribution in [3.8, 4) is 0 Å². The van der Waals surface area contributed by atoms with E-state index in [0.29, 0.717) is 0 Å². The van der Waals surface area contributed by atoms with Crippen LogP contribution in [0, 0.1) is 11.3 Å². The summed E-state index contributed by atoms with van der Waals surface area (Å²) in [5, 5.41) is 4.16. The third-order valence-corrected chi connectivity index (χ3v) is 3.32. The molecule has 3 rings (SSSR count). The number of hydrogen-bond donors (Lipinski definition) is 0. The van der Waals surface area contributed by atoms with Crippen molar-refractivity contribution in [1.82, 2.24) is 0 Å². The molecule has 0 unspecified atom stereocenters. The number of hydrogen-bond acceptors (Lipinski definition) is 2. The minimum Gasteiger partial charge on any atom is -0.396 e. The summed E-state index contributed by atoms with van der Waals surface area (Å²) in [5.74, 6) is 0.837. The second-order valence-electron chi connectivity index (χ2n) is 4.75. The molecule has 66 valence electrons. The van der Waals surface area contributed by atoms with Crippen LogP contribution in [-0.2, 0) is 4.84 Å². The van der Waals surface area contributed by atoms with E-state index in [9.17, 15) is 0 Å². The molecule has 1 spiro atoms. The van der Waals surface area contributed by atoms with E-state index in [1.54, 1.807) is 0 Å². The van der Waals surface area contributed by atoms with Crippen molar-refractivity contribution < 1.29 is 4.84 Å². The first-order valence-electron chi connectivity index (χ1n) is 5.04. The average Bonchev–Trinajstić information content (AvgIpc) is 2.78. The Kier molecular flexibility index (Phi) is 1.29. The van der Waals surface area contributed by atoms with E-state index in [1.807, 2.05) is 0 Å². The SMILES string of the molecule is C1CC1CON=C1CC2(CC2)C1. The van der Waals surface area contributed by atoms with Gasteiger partial charge in [0.25, 0.3) is 0 Å². The lowest BCUT2D eigenvalue weighted by molar-refractivity contribution is 0.129. The van der Waals surface area contributed by atoms with Gasteiger partial charge < -0.3 is 4.84 Å². The summed E-state index contributed by atoms with van der Waals surface area (Å²) in [7, 11) is 0. The fourth-order valence-electron chi connectivity index (χ4n) is 1.93. The van der Waals surface area contributed by atoms with Gasteiger partial charge in [-0.05, 0) is 49.9 Å². The Morgan fingerprint density at radius 1 is 1.33 bits per heavy atom. The Bertz CT molecular complexity index is 216. The van der Waals surface area contributed by atoms with Crippen molar-refractivity contribution in [2.75, 3.05) is 6.61 Å². The Balaban J connectivity index is 1.41. The maximum atomic E-state index is 5.27. The number of oxime groups is 1. The molecule has 0 bridgehead atoms. The second-order valence-corrected chi connectivity index (χ2v) is 4.75. The van der Waals surface area contributed by atoms with Gasteiger partial charge in [-0.1, -0.05) is 5.16 Å². The standard InChI is InChI=1S/C10H15NO/c1-2-8(1)7-12-11-9-5-10(6-9)3-4-10/h8H,1-7H2. The van der Waals surface area contributed by atoms with Gasteiger partial charge in [0.2, 0.25) is 0 Å². The normalized spacial score (nSPS) is 29.8. The molecule has 0 N–H and O–H groups in total. The van der Waals surface area contributed by atoms with E-state index in [1.165, 1.54) is 44.2 Å². The molecule has 0 atom stereocenters. The Hall–Kier alpha value is -0.530. The van der Waals surface area contributed by atoms with Crippen molar-refractivity contribution in [2.45, 2.75) is 38.5 Å². The van der Waals surface area contributed by atoms with Crippen molar-refractivity contribution in [2.24, 2.45) is 16.5 Å². The van der Waals surface area contributed by atoms with Crippen molar-refractivity contribution >= 4 is 5.71 Å². The molecule has 0 saturated heterocycles. The van der Waals surface area contributed by atoms with Crippen LogP contribution in [0.3, 0.4) is 0 Å². The molecule has 0 amide bonds. The number of rotatable bonds is 3. The Morgan fingerprint density at radius 3 is 2.67 bits per heavy atom. The largest absolute Gasteiger partial charge is 0.396 e. The lowest BCUT2D eigenvalue weighted by atomic mass is 9.80. The summed E-state index contributed by atoms with van der Waals surface area (Å²) in [6, 6.07) is 0. The molecule has 2 heteroatoms. The van der Waals surface area contributed by atoms with Crippen LogP contribution in [0.4, 0.5) is 0 Å². The van der Waals surface area contributed by atoms with Gasteiger partial charge in [0.05, 0.1) is 5.71 Å². The molecule has 0 aromatic heterocycles. The van der Waals surface area contributed by atoms with Gasteiger partial charge in [-0.2, -0.15) is 0 Å². The molecule has 0 heterocycles. The molecule has 3 saturated carbocycles. The van der Waals surface area contributed by atoms with Gasteiger partial charge in [-0.3, -0.25) is 0 Å². The molecular weight excluding hydrogens is 150 g/mol. The molecule has 0 radical (unpaired) electrons. The summed E-state index contributed by atoms with van der Waals surface area (Å²) < 4.78 is 0. The molecule has 3 aliphatic rings. The quantitative estimate of drug-likeness (QED) is 0.588. The molecule has 3 aliphatic carbocycles. The first-order valence-corrected chi connectivity index (χ1v) is 5.04. The summed E-state index contributed by atoms with van der Waals surface area (Å²) in [6.45, 7) is 0.872. The zero-order valence-corrected chi connectivity index (χ0v) is 7.38. The van der Waals surface area contributed by atoms with Gasteiger partial charge in [-0.25, -0.2) is 0 Å². The predicted molar refractivity (Wildman–Crippen MR) is 47.0 cm³/mol. The maximum Gasteiger partial charge on any atom is 0.120 e. The zero-order chi connectivity index (χ0) is 8.02. The highest BCUT2D eigenvalue weighted by Crippen LogP contribution is 2.59. The van der Waals surface area contributed by atoms with E-state index in [-0.39, 0.29) is 0 Å². The van der Waals surface area contributed by atoms with Gasteiger partial charge >= 0.3 is 0 Å². The minimum absolute atomic E-state index is 0.738. The molecule has 2 nitrogen and oxygen atoms in total. The van der Waals surface area contributed by atoms with Gasteiger partial charge in [0, 0.05) is 0 Å². The smallest absolute Gasteiger partial charge is 0.120 e.